The van der Waals surface area contributed by atoms with E-state index in [1.807, 2.05) is 0 Å². The number of rotatable bonds is 1. The molecule has 0 unspecified atom stereocenters. The van der Waals surface area contributed by atoms with Gasteiger partial charge in [-0.25, -0.2) is 0 Å². The Bertz CT molecular complexity index is 221. The third kappa shape index (κ3) is 0.301. The van der Waals surface area contributed by atoms with Gasteiger partial charge in [0.15, 0.2) is 0 Å². The molecule has 4 rings (SSSR count). The molecule has 4 fully saturated rings. The standard InChI is InChI=1S/C9H12O/c1-2-9-4-5-3-6(9)7(9)8(5)10/h5-7H,2-4H2,1H3/t5-,6+,7+,9+/m0/s1. The molecule has 4 aliphatic rings. The first kappa shape index (κ1) is 5.34. The molecule has 0 saturated heterocycles. The minimum absolute atomic E-state index is 0.509. The fourth-order valence-electron chi connectivity index (χ4n) is 3.65. The highest BCUT2D eigenvalue weighted by molar-refractivity contribution is 5.93. The van der Waals surface area contributed by atoms with Gasteiger partial charge in [0.05, 0.1) is 0 Å². The van der Waals surface area contributed by atoms with Crippen LogP contribution in [-0.2, 0) is 4.79 Å². The lowest BCUT2D eigenvalue weighted by atomic mass is 10.0. The molecule has 0 aromatic rings. The van der Waals surface area contributed by atoms with E-state index in [0.717, 1.165) is 5.92 Å². The molecule has 0 radical (unpaired) electrons. The molecular weight excluding hydrogens is 124 g/mol. The number of Topliss-reactive ketones (excluding diaryl/α,β-unsaturated/α-hetero) is 1. The predicted octanol–water partition coefficient (Wildman–Crippen LogP) is 1.62. The van der Waals surface area contributed by atoms with Gasteiger partial charge in [-0.05, 0) is 30.6 Å². The Hall–Kier alpha value is -0.330. The second kappa shape index (κ2) is 1.19. The van der Waals surface area contributed by atoms with Crippen molar-refractivity contribution >= 4 is 5.78 Å². The topological polar surface area (TPSA) is 17.1 Å². The lowest BCUT2D eigenvalue weighted by Gasteiger charge is -2.02. The Morgan fingerprint density at radius 2 is 2.50 bits per heavy atom. The molecule has 4 aliphatic carbocycles. The summed E-state index contributed by atoms with van der Waals surface area (Å²) in [5.41, 5.74) is 0.557. The van der Waals surface area contributed by atoms with E-state index in [0.29, 0.717) is 23.0 Å². The zero-order valence-electron chi connectivity index (χ0n) is 6.26. The molecule has 0 aromatic carbocycles. The van der Waals surface area contributed by atoms with Crippen LogP contribution in [0.2, 0.25) is 0 Å². The third-order valence-electron chi connectivity index (χ3n) is 4.18. The normalized spacial score (nSPS) is 61.7. The molecule has 10 heavy (non-hydrogen) atoms. The van der Waals surface area contributed by atoms with E-state index in [9.17, 15) is 4.79 Å². The summed E-state index contributed by atoms with van der Waals surface area (Å²) in [7, 11) is 0. The summed E-state index contributed by atoms with van der Waals surface area (Å²) < 4.78 is 0. The van der Waals surface area contributed by atoms with Crippen LogP contribution in [0.1, 0.15) is 26.2 Å². The van der Waals surface area contributed by atoms with Crippen LogP contribution in [0.25, 0.3) is 0 Å². The molecular formula is C9H12O. The summed E-state index contributed by atoms with van der Waals surface area (Å²) in [4.78, 5) is 11.4. The zero-order valence-corrected chi connectivity index (χ0v) is 6.26. The molecule has 4 atom stereocenters. The molecule has 0 spiro atoms. The van der Waals surface area contributed by atoms with Crippen molar-refractivity contribution in [3.63, 3.8) is 0 Å². The second-order valence-electron chi connectivity index (χ2n) is 4.21. The highest BCUT2D eigenvalue weighted by Gasteiger charge is 2.77. The predicted molar refractivity (Wildman–Crippen MR) is 37.4 cm³/mol. The number of hydrogen-bond donors (Lipinski definition) is 0. The first-order chi connectivity index (χ1) is 4.79. The van der Waals surface area contributed by atoms with Crippen molar-refractivity contribution in [1.82, 2.24) is 0 Å². The Morgan fingerprint density at radius 1 is 1.70 bits per heavy atom. The van der Waals surface area contributed by atoms with E-state index in [2.05, 4.69) is 6.92 Å². The molecule has 4 bridgehead atoms. The molecule has 4 saturated carbocycles. The van der Waals surface area contributed by atoms with E-state index in [-0.39, 0.29) is 0 Å². The van der Waals surface area contributed by atoms with E-state index in [1.165, 1.54) is 19.3 Å². The first-order valence-corrected chi connectivity index (χ1v) is 4.33. The van der Waals surface area contributed by atoms with Gasteiger partial charge in [-0.15, -0.1) is 0 Å². The number of hydrogen-bond acceptors (Lipinski definition) is 1. The van der Waals surface area contributed by atoms with Crippen molar-refractivity contribution in [3.05, 3.63) is 0 Å². The van der Waals surface area contributed by atoms with Gasteiger partial charge in [0.25, 0.3) is 0 Å². The van der Waals surface area contributed by atoms with Gasteiger partial charge in [-0.2, -0.15) is 0 Å². The van der Waals surface area contributed by atoms with Crippen molar-refractivity contribution in [3.8, 4) is 0 Å². The van der Waals surface area contributed by atoms with Crippen LogP contribution in [-0.4, -0.2) is 5.78 Å². The monoisotopic (exact) mass is 136 g/mol. The van der Waals surface area contributed by atoms with Gasteiger partial charge in [0.1, 0.15) is 5.78 Å². The molecule has 0 aromatic heterocycles. The highest BCUT2D eigenvalue weighted by atomic mass is 16.1. The van der Waals surface area contributed by atoms with Crippen LogP contribution in [0.3, 0.4) is 0 Å². The average molecular weight is 136 g/mol. The van der Waals surface area contributed by atoms with Crippen molar-refractivity contribution in [1.29, 1.82) is 0 Å². The number of carbonyl (C=O) groups excluding carboxylic acids is 1. The van der Waals surface area contributed by atoms with Crippen LogP contribution in [0.15, 0.2) is 0 Å². The minimum atomic E-state index is 0.509. The van der Waals surface area contributed by atoms with Crippen molar-refractivity contribution < 1.29 is 4.79 Å². The minimum Gasteiger partial charge on any atom is -0.299 e. The lowest BCUT2D eigenvalue weighted by Crippen LogP contribution is -2.00. The molecule has 1 nitrogen and oxygen atoms in total. The summed E-state index contributed by atoms with van der Waals surface area (Å²) in [5, 5.41) is 0. The SMILES string of the molecule is CC[C@@]12C[C@@H]3C[C@@H]1[C@@H]2C3=O. The molecule has 54 valence electrons. The maximum absolute atomic E-state index is 11.4. The summed E-state index contributed by atoms with van der Waals surface area (Å²) in [6, 6.07) is 0. The fraction of sp³-hybridized carbons (Fsp3) is 0.889. The third-order valence-corrected chi connectivity index (χ3v) is 4.18. The Kier molecular flexibility index (Phi) is 0.637. The van der Waals surface area contributed by atoms with Gasteiger partial charge >= 0.3 is 0 Å². The highest BCUT2D eigenvalue weighted by Crippen LogP contribution is 2.78. The van der Waals surface area contributed by atoms with Crippen LogP contribution in [0.4, 0.5) is 0 Å². The van der Waals surface area contributed by atoms with Crippen LogP contribution < -0.4 is 0 Å². The van der Waals surface area contributed by atoms with Crippen molar-refractivity contribution in [2.45, 2.75) is 26.2 Å². The van der Waals surface area contributed by atoms with Gasteiger partial charge < -0.3 is 0 Å². The fourth-order valence-corrected chi connectivity index (χ4v) is 3.65. The van der Waals surface area contributed by atoms with E-state index >= 15 is 0 Å². The van der Waals surface area contributed by atoms with Gasteiger partial charge in [0.2, 0.25) is 0 Å². The van der Waals surface area contributed by atoms with Gasteiger partial charge in [0, 0.05) is 11.8 Å². The largest absolute Gasteiger partial charge is 0.299 e. The molecule has 1 heteroatoms. The van der Waals surface area contributed by atoms with E-state index in [1.54, 1.807) is 0 Å². The first-order valence-electron chi connectivity index (χ1n) is 4.33. The summed E-state index contributed by atoms with van der Waals surface area (Å²) in [6.07, 6.45) is 3.75. The van der Waals surface area contributed by atoms with Crippen LogP contribution in [0.5, 0.6) is 0 Å². The van der Waals surface area contributed by atoms with Gasteiger partial charge in [-0.1, -0.05) is 6.92 Å². The number of carbonyl (C=O) groups is 1. The zero-order chi connectivity index (χ0) is 6.93. The molecule has 0 heterocycles. The smallest absolute Gasteiger partial charge is 0.139 e. The maximum Gasteiger partial charge on any atom is 0.139 e. The Balaban J connectivity index is 2.08. The van der Waals surface area contributed by atoms with Gasteiger partial charge in [-0.3, -0.25) is 4.79 Å². The quantitative estimate of drug-likeness (QED) is 0.535. The van der Waals surface area contributed by atoms with Crippen molar-refractivity contribution in [2.24, 2.45) is 23.2 Å². The van der Waals surface area contributed by atoms with Crippen LogP contribution in [0, 0.1) is 23.2 Å². The lowest BCUT2D eigenvalue weighted by molar-refractivity contribution is -0.120. The summed E-state index contributed by atoms with van der Waals surface area (Å²) in [5.74, 6) is 2.51. The molecule has 0 amide bonds. The summed E-state index contributed by atoms with van der Waals surface area (Å²) >= 11 is 0. The van der Waals surface area contributed by atoms with E-state index in [4.69, 9.17) is 0 Å². The van der Waals surface area contributed by atoms with Crippen molar-refractivity contribution in [2.75, 3.05) is 0 Å². The molecule has 0 N–H and O–H groups in total. The molecule has 0 aliphatic heterocycles. The maximum atomic E-state index is 11.4. The number of ketones is 1. The average Bonchev–Trinajstić information content (AvgIpc) is 2.36. The van der Waals surface area contributed by atoms with Crippen LogP contribution >= 0.6 is 0 Å². The summed E-state index contributed by atoms with van der Waals surface area (Å²) in [6.45, 7) is 2.24. The van der Waals surface area contributed by atoms with E-state index < -0.39 is 0 Å². The second-order valence-corrected chi connectivity index (χ2v) is 4.21. The Morgan fingerprint density at radius 3 is 2.70 bits per heavy atom. The Labute approximate surface area is 60.8 Å².